The predicted molar refractivity (Wildman–Crippen MR) is 78.4 cm³/mol. The molecule has 2 fully saturated rings. The van der Waals surface area contributed by atoms with Crippen LogP contribution in [0, 0.1) is 11.3 Å². The van der Waals surface area contributed by atoms with Crippen molar-refractivity contribution in [3.05, 3.63) is 0 Å². The van der Waals surface area contributed by atoms with Crippen LogP contribution in [0.5, 0.6) is 0 Å². The fourth-order valence-corrected chi connectivity index (χ4v) is 4.17. The topological polar surface area (TPSA) is 32.3 Å². The van der Waals surface area contributed by atoms with Crippen LogP contribution in [0.25, 0.3) is 0 Å². The minimum absolute atomic E-state index is 0.00720. The molecule has 1 saturated carbocycles. The van der Waals surface area contributed by atoms with Gasteiger partial charge in [-0.3, -0.25) is 0 Å². The van der Waals surface area contributed by atoms with Gasteiger partial charge in [0.25, 0.3) is 0 Å². The first-order valence-corrected chi connectivity index (χ1v) is 8.80. The van der Waals surface area contributed by atoms with Crippen LogP contribution in [0.4, 0.5) is 18.0 Å². The summed E-state index contributed by atoms with van der Waals surface area (Å²) in [6, 6.07) is -0.353. The highest BCUT2D eigenvalue weighted by atomic mass is 32.2. The van der Waals surface area contributed by atoms with Crippen molar-refractivity contribution in [3.8, 4) is 0 Å². The number of alkyl halides is 3. The molecule has 0 aromatic rings. The molecule has 1 saturated heterocycles. The standard InChI is InChI=1S/C14H23F3N2OS/c1-10(5-7-21-2)18-12(20)19-8-11-4-3-6-13(11,9-19)14(15,16)17/h10-11H,3-9H2,1-2H3,(H,18,20)/t10?,11-,13-/m0/s1. The highest BCUT2D eigenvalue weighted by molar-refractivity contribution is 7.98. The summed E-state index contributed by atoms with van der Waals surface area (Å²) >= 11 is 1.69. The van der Waals surface area contributed by atoms with Crippen molar-refractivity contribution >= 4 is 17.8 Å². The van der Waals surface area contributed by atoms with Crippen molar-refractivity contribution in [2.45, 2.75) is 44.8 Å². The van der Waals surface area contributed by atoms with Crippen molar-refractivity contribution in [2.75, 3.05) is 25.1 Å². The Morgan fingerprint density at radius 3 is 2.81 bits per heavy atom. The highest BCUT2D eigenvalue weighted by Gasteiger charge is 2.65. The van der Waals surface area contributed by atoms with Crippen LogP contribution in [-0.2, 0) is 0 Å². The number of hydrogen-bond acceptors (Lipinski definition) is 2. The summed E-state index contributed by atoms with van der Waals surface area (Å²) in [6.45, 7) is 1.95. The third-order valence-electron chi connectivity index (χ3n) is 4.85. The molecule has 1 N–H and O–H groups in total. The minimum Gasteiger partial charge on any atom is -0.336 e. The number of carbonyl (C=O) groups excluding carboxylic acids is 1. The molecule has 2 rings (SSSR count). The molecule has 7 heteroatoms. The fourth-order valence-electron chi connectivity index (χ4n) is 3.58. The largest absolute Gasteiger partial charge is 0.396 e. The zero-order chi connectivity index (χ0) is 15.7. The van der Waals surface area contributed by atoms with Crippen molar-refractivity contribution in [1.82, 2.24) is 10.2 Å². The monoisotopic (exact) mass is 324 g/mol. The third-order valence-corrected chi connectivity index (χ3v) is 5.49. The first kappa shape index (κ1) is 16.8. The number of fused-ring (bicyclic) bond motifs is 1. The van der Waals surface area contributed by atoms with E-state index in [-0.39, 0.29) is 31.6 Å². The maximum absolute atomic E-state index is 13.4. The summed E-state index contributed by atoms with van der Waals surface area (Å²) in [4.78, 5) is 13.5. The van der Waals surface area contributed by atoms with Gasteiger partial charge in [0.15, 0.2) is 0 Å². The van der Waals surface area contributed by atoms with Crippen LogP contribution in [0.3, 0.4) is 0 Å². The SMILES string of the molecule is CSCCC(C)NC(=O)N1C[C@@H]2CCC[C@]2(C(F)(F)F)C1. The molecule has 0 aromatic heterocycles. The average molecular weight is 324 g/mol. The maximum atomic E-state index is 13.4. The summed E-state index contributed by atoms with van der Waals surface area (Å²) < 4.78 is 40.2. The van der Waals surface area contributed by atoms with E-state index in [9.17, 15) is 18.0 Å². The van der Waals surface area contributed by atoms with E-state index in [1.165, 1.54) is 4.90 Å². The molecule has 1 heterocycles. The van der Waals surface area contributed by atoms with Gasteiger partial charge in [-0.25, -0.2) is 4.79 Å². The van der Waals surface area contributed by atoms with Gasteiger partial charge in [0, 0.05) is 19.1 Å². The smallest absolute Gasteiger partial charge is 0.336 e. The number of nitrogens with zero attached hydrogens (tertiary/aromatic N) is 1. The predicted octanol–water partition coefficient (Wildman–Crippen LogP) is 3.50. The lowest BCUT2D eigenvalue weighted by Gasteiger charge is -2.31. The van der Waals surface area contributed by atoms with Crippen LogP contribution in [0.2, 0.25) is 0 Å². The molecular formula is C14H23F3N2OS. The summed E-state index contributed by atoms with van der Waals surface area (Å²) in [5, 5.41) is 2.82. The quantitative estimate of drug-likeness (QED) is 0.858. The lowest BCUT2D eigenvalue weighted by Crippen LogP contribution is -2.46. The molecule has 1 aliphatic carbocycles. The Bertz CT molecular complexity index is 391. The number of urea groups is 1. The number of thioether (sulfide) groups is 1. The van der Waals surface area contributed by atoms with E-state index in [0.717, 1.165) is 12.2 Å². The van der Waals surface area contributed by atoms with Gasteiger partial charge in [0.1, 0.15) is 0 Å². The van der Waals surface area contributed by atoms with E-state index in [1.54, 1.807) is 11.8 Å². The zero-order valence-electron chi connectivity index (χ0n) is 12.5. The summed E-state index contributed by atoms with van der Waals surface area (Å²) in [5.74, 6) is 0.501. The normalized spacial score (nSPS) is 30.3. The van der Waals surface area contributed by atoms with E-state index in [2.05, 4.69) is 5.32 Å². The Balaban J connectivity index is 1.96. The molecule has 21 heavy (non-hydrogen) atoms. The average Bonchev–Trinajstić information content (AvgIpc) is 2.92. The van der Waals surface area contributed by atoms with Gasteiger partial charge in [-0.05, 0) is 44.1 Å². The minimum atomic E-state index is -4.21. The van der Waals surface area contributed by atoms with E-state index < -0.39 is 17.5 Å². The molecule has 2 amide bonds. The molecule has 1 unspecified atom stereocenters. The highest BCUT2D eigenvalue weighted by Crippen LogP contribution is 2.57. The van der Waals surface area contributed by atoms with Gasteiger partial charge in [-0.2, -0.15) is 24.9 Å². The van der Waals surface area contributed by atoms with Crippen LogP contribution in [-0.4, -0.2) is 48.2 Å². The fraction of sp³-hybridized carbons (Fsp3) is 0.929. The van der Waals surface area contributed by atoms with Crippen LogP contribution in [0.15, 0.2) is 0 Å². The first-order chi connectivity index (χ1) is 9.80. The van der Waals surface area contributed by atoms with Crippen LogP contribution < -0.4 is 5.32 Å². The number of rotatable bonds is 4. The summed E-state index contributed by atoms with van der Waals surface area (Å²) in [6.07, 6.45) is -0.0480. The van der Waals surface area contributed by atoms with Crippen molar-refractivity contribution in [3.63, 3.8) is 0 Å². The zero-order valence-corrected chi connectivity index (χ0v) is 13.3. The van der Waals surface area contributed by atoms with E-state index in [1.807, 2.05) is 13.2 Å². The Hall–Kier alpha value is -0.590. The molecule has 0 bridgehead atoms. The van der Waals surface area contributed by atoms with Gasteiger partial charge in [0.2, 0.25) is 0 Å². The second kappa shape index (κ2) is 6.26. The molecule has 122 valence electrons. The van der Waals surface area contributed by atoms with Crippen molar-refractivity contribution in [1.29, 1.82) is 0 Å². The second-order valence-electron chi connectivity index (χ2n) is 6.26. The lowest BCUT2D eigenvalue weighted by molar-refractivity contribution is -0.226. The molecule has 3 atom stereocenters. The van der Waals surface area contributed by atoms with Gasteiger partial charge in [-0.1, -0.05) is 6.42 Å². The number of amides is 2. The molecular weight excluding hydrogens is 301 g/mol. The third kappa shape index (κ3) is 3.27. The van der Waals surface area contributed by atoms with Crippen molar-refractivity contribution < 1.29 is 18.0 Å². The Morgan fingerprint density at radius 2 is 2.24 bits per heavy atom. The van der Waals surface area contributed by atoms with E-state index >= 15 is 0 Å². The maximum Gasteiger partial charge on any atom is 0.396 e. The van der Waals surface area contributed by atoms with Crippen LogP contribution >= 0.6 is 11.8 Å². The number of nitrogens with one attached hydrogen (secondary N) is 1. The Kier molecular flexibility index (Phi) is 5.00. The molecule has 2 aliphatic rings. The Morgan fingerprint density at radius 1 is 1.52 bits per heavy atom. The molecule has 1 aliphatic heterocycles. The number of halogens is 3. The first-order valence-electron chi connectivity index (χ1n) is 7.41. The molecule has 0 aromatic carbocycles. The van der Waals surface area contributed by atoms with Crippen LogP contribution in [0.1, 0.15) is 32.6 Å². The lowest BCUT2D eigenvalue weighted by atomic mass is 9.80. The van der Waals surface area contributed by atoms with E-state index in [0.29, 0.717) is 12.8 Å². The Labute approximate surface area is 128 Å². The van der Waals surface area contributed by atoms with Gasteiger partial charge < -0.3 is 10.2 Å². The molecule has 3 nitrogen and oxygen atoms in total. The summed E-state index contributed by atoms with van der Waals surface area (Å²) in [7, 11) is 0. The van der Waals surface area contributed by atoms with Gasteiger partial charge >= 0.3 is 12.2 Å². The van der Waals surface area contributed by atoms with E-state index in [4.69, 9.17) is 0 Å². The molecule has 0 spiro atoms. The van der Waals surface area contributed by atoms with Gasteiger partial charge in [0.05, 0.1) is 5.41 Å². The summed E-state index contributed by atoms with van der Waals surface area (Å²) in [5.41, 5.74) is -1.66. The number of carbonyl (C=O) groups is 1. The second-order valence-corrected chi connectivity index (χ2v) is 7.24. The van der Waals surface area contributed by atoms with Gasteiger partial charge in [-0.15, -0.1) is 0 Å². The number of hydrogen-bond donors (Lipinski definition) is 1. The number of likely N-dealkylation sites (tertiary alicyclic amines) is 1. The molecule has 0 radical (unpaired) electrons. The van der Waals surface area contributed by atoms with Crippen molar-refractivity contribution in [2.24, 2.45) is 11.3 Å².